The summed E-state index contributed by atoms with van der Waals surface area (Å²) < 4.78 is 5.52. The van der Waals surface area contributed by atoms with Crippen molar-refractivity contribution in [3.8, 4) is 10.8 Å². The second-order valence-corrected chi connectivity index (χ2v) is 6.08. The molecule has 0 bridgehead atoms. The Morgan fingerprint density at radius 1 is 1.21 bits per heavy atom. The molecule has 2 heterocycles. The van der Waals surface area contributed by atoms with Crippen LogP contribution in [0.25, 0.3) is 10.8 Å². The first-order valence-corrected chi connectivity index (χ1v) is 8.10. The molecule has 24 heavy (non-hydrogen) atoms. The van der Waals surface area contributed by atoms with Gasteiger partial charge in [0.15, 0.2) is 10.8 Å². The summed E-state index contributed by atoms with van der Waals surface area (Å²) in [5.74, 6) is 0.829. The predicted molar refractivity (Wildman–Crippen MR) is 91.8 cm³/mol. The maximum absolute atomic E-state index is 12.1. The summed E-state index contributed by atoms with van der Waals surface area (Å²) in [6.45, 7) is 1.87. The molecule has 0 aliphatic heterocycles. The monoisotopic (exact) mass is 341 g/mol. The lowest BCUT2D eigenvalue weighted by Crippen LogP contribution is -2.15. The number of aromatic nitrogens is 1. The number of rotatable bonds is 5. The second kappa shape index (κ2) is 6.67. The first kappa shape index (κ1) is 15.9. The molecule has 0 aliphatic carbocycles. The van der Waals surface area contributed by atoms with Crippen LogP contribution in [0, 0.1) is 6.92 Å². The van der Waals surface area contributed by atoms with E-state index in [1.807, 2.05) is 24.4 Å². The van der Waals surface area contributed by atoms with Crippen LogP contribution in [0.3, 0.4) is 0 Å². The third kappa shape index (κ3) is 3.69. The number of thiazole rings is 1. The first-order valence-electron chi connectivity index (χ1n) is 7.22. The maximum atomic E-state index is 12.1. The highest BCUT2D eigenvalue weighted by molar-refractivity contribution is 7.13. The number of nitrogens with zero attached hydrogens (tertiary/aromatic N) is 1. The van der Waals surface area contributed by atoms with E-state index in [1.54, 1.807) is 24.3 Å². The van der Waals surface area contributed by atoms with E-state index in [0.717, 1.165) is 10.8 Å². The fraction of sp³-hybridized carbons (Fsp3) is 0.118. The van der Waals surface area contributed by atoms with Crippen LogP contribution in [0.1, 0.15) is 21.8 Å². The van der Waals surface area contributed by atoms with E-state index in [2.05, 4.69) is 10.3 Å². The summed E-state index contributed by atoms with van der Waals surface area (Å²) in [7, 11) is 0. The van der Waals surface area contributed by atoms with Crippen molar-refractivity contribution in [2.24, 2.45) is 5.73 Å². The minimum absolute atomic E-state index is 0.160. The average molecular weight is 341 g/mol. The number of hydrogen-bond acceptors (Lipinski definition) is 5. The van der Waals surface area contributed by atoms with Crippen LogP contribution in [-0.4, -0.2) is 16.8 Å². The maximum Gasteiger partial charge on any atom is 0.248 e. The van der Waals surface area contributed by atoms with Crippen molar-refractivity contribution in [2.75, 3.05) is 5.32 Å². The van der Waals surface area contributed by atoms with Gasteiger partial charge in [-0.3, -0.25) is 9.59 Å². The number of anilines is 1. The number of carbonyl (C=O) groups is 2. The third-order valence-electron chi connectivity index (χ3n) is 3.30. The van der Waals surface area contributed by atoms with Gasteiger partial charge in [-0.15, -0.1) is 11.3 Å². The highest BCUT2D eigenvalue weighted by atomic mass is 32.1. The van der Waals surface area contributed by atoms with E-state index in [4.69, 9.17) is 10.2 Å². The minimum atomic E-state index is -0.504. The van der Waals surface area contributed by atoms with Crippen LogP contribution in [0.4, 0.5) is 5.69 Å². The number of aryl methyl sites for hydroxylation is 1. The van der Waals surface area contributed by atoms with E-state index >= 15 is 0 Å². The predicted octanol–water partition coefficient (Wildman–Crippen LogP) is 2.99. The summed E-state index contributed by atoms with van der Waals surface area (Å²) >= 11 is 1.43. The van der Waals surface area contributed by atoms with Crippen molar-refractivity contribution >= 4 is 28.8 Å². The van der Waals surface area contributed by atoms with Crippen LogP contribution in [0.15, 0.2) is 46.2 Å². The molecule has 3 rings (SSSR count). The van der Waals surface area contributed by atoms with Gasteiger partial charge in [0.25, 0.3) is 0 Å². The van der Waals surface area contributed by atoms with Crippen molar-refractivity contribution in [3.05, 3.63) is 58.8 Å². The van der Waals surface area contributed by atoms with E-state index < -0.39 is 5.91 Å². The van der Waals surface area contributed by atoms with Crippen molar-refractivity contribution in [1.29, 1.82) is 0 Å². The van der Waals surface area contributed by atoms with Crippen molar-refractivity contribution < 1.29 is 14.0 Å². The van der Waals surface area contributed by atoms with Gasteiger partial charge < -0.3 is 15.5 Å². The van der Waals surface area contributed by atoms with Crippen LogP contribution >= 0.6 is 11.3 Å². The number of nitrogens with one attached hydrogen (secondary N) is 1. The smallest absolute Gasteiger partial charge is 0.248 e. The lowest BCUT2D eigenvalue weighted by Gasteiger charge is -2.04. The van der Waals surface area contributed by atoms with E-state index in [1.165, 1.54) is 11.3 Å². The lowest BCUT2D eigenvalue weighted by molar-refractivity contribution is -0.115. The quantitative estimate of drug-likeness (QED) is 0.745. The van der Waals surface area contributed by atoms with Crippen LogP contribution in [0.2, 0.25) is 0 Å². The lowest BCUT2D eigenvalue weighted by atomic mass is 10.2. The second-order valence-electron chi connectivity index (χ2n) is 5.22. The highest BCUT2D eigenvalue weighted by Crippen LogP contribution is 2.25. The zero-order valence-corrected chi connectivity index (χ0v) is 13.7. The number of amides is 2. The number of hydrogen-bond donors (Lipinski definition) is 2. The Kier molecular flexibility index (Phi) is 4.43. The van der Waals surface area contributed by atoms with Crippen LogP contribution in [0.5, 0.6) is 0 Å². The van der Waals surface area contributed by atoms with E-state index in [9.17, 15) is 9.59 Å². The molecule has 3 aromatic rings. The van der Waals surface area contributed by atoms with Crippen molar-refractivity contribution in [1.82, 2.24) is 4.98 Å². The number of nitrogens with two attached hydrogens (primary N) is 1. The molecule has 6 nitrogen and oxygen atoms in total. The zero-order valence-electron chi connectivity index (χ0n) is 12.9. The molecule has 7 heteroatoms. The van der Waals surface area contributed by atoms with Gasteiger partial charge >= 0.3 is 0 Å². The molecule has 1 aromatic carbocycles. The summed E-state index contributed by atoms with van der Waals surface area (Å²) in [4.78, 5) is 27.5. The highest BCUT2D eigenvalue weighted by Gasteiger charge is 2.11. The van der Waals surface area contributed by atoms with Gasteiger partial charge in [0.2, 0.25) is 11.8 Å². The Hall–Kier alpha value is -2.93. The van der Waals surface area contributed by atoms with Gasteiger partial charge in [0.05, 0.1) is 12.1 Å². The summed E-state index contributed by atoms with van der Waals surface area (Å²) in [5, 5.41) is 5.34. The molecule has 2 aromatic heterocycles. The summed E-state index contributed by atoms with van der Waals surface area (Å²) in [6.07, 6.45) is 0.160. The zero-order chi connectivity index (χ0) is 17.1. The molecular formula is C17H15N3O3S. The number of furan rings is 1. The van der Waals surface area contributed by atoms with Gasteiger partial charge in [-0.05, 0) is 43.3 Å². The Morgan fingerprint density at radius 3 is 2.58 bits per heavy atom. The Bertz CT molecular complexity index is 881. The first-order chi connectivity index (χ1) is 11.5. The third-order valence-corrected chi connectivity index (χ3v) is 4.20. The molecule has 0 spiro atoms. The van der Waals surface area contributed by atoms with Crippen LogP contribution in [-0.2, 0) is 11.2 Å². The topological polar surface area (TPSA) is 98.2 Å². The van der Waals surface area contributed by atoms with Gasteiger partial charge in [0.1, 0.15) is 5.76 Å². The molecule has 0 fully saturated rings. The Labute approximate surface area is 142 Å². The number of benzene rings is 1. The largest absolute Gasteiger partial charge is 0.459 e. The van der Waals surface area contributed by atoms with Gasteiger partial charge in [0, 0.05) is 16.6 Å². The Balaban J connectivity index is 1.62. The molecule has 0 unspecified atom stereocenters. The summed E-state index contributed by atoms with van der Waals surface area (Å²) in [5.41, 5.74) is 6.85. The normalized spacial score (nSPS) is 10.5. The van der Waals surface area contributed by atoms with Gasteiger partial charge in [-0.1, -0.05) is 0 Å². The Morgan fingerprint density at radius 2 is 1.96 bits per heavy atom. The van der Waals surface area contributed by atoms with E-state index in [0.29, 0.717) is 22.7 Å². The molecule has 122 valence electrons. The molecular weight excluding hydrogens is 326 g/mol. The fourth-order valence-electron chi connectivity index (χ4n) is 2.14. The molecule has 3 N–H and O–H groups in total. The SMILES string of the molecule is Cc1ccc(-c2nc(CC(=O)Nc3ccc(C(N)=O)cc3)cs2)o1. The fourth-order valence-corrected chi connectivity index (χ4v) is 2.92. The number of primary amides is 1. The average Bonchev–Trinajstić information content (AvgIpc) is 3.16. The van der Waals surface area contributed by atoms with E-state index in [-0.39, 0.29) is 12.3 Å². The number of carbonyl (C=O) groups excluding carboxylic acids is 2. The molecule has 0 saturated heterocycles. The molecule has 2 amide bonds. The molecule has 0 aliphatic rings. The van der Waals surface area contributed by atoms with Crippen LogP contribution < -0.4 is 11.1 Å². The minimum Gasteiger partial charge on any atom is -0.459 e. The van der Waals surface area contributed by atoms with Crippen molar-refractivity contribution in [3.63, 3.8) is 0 Å². The standard InChI is InChI=1S/C17H15N3O3S/c1-10-2-7-14(23-10)17-20-13(9-24-17)8-15(21)19-12-5-3-11(4-6-12)16(18)22/h2-7,9H,8H2,1H3,(H2,18,22)(H,19,21). The molecule has 0 radical (unpaired) electrons. The van der Waals surface area contributed by atoms with Gasteiger partial charge in [-0.25, -0.2) is 4.98 Å². The summed E-state index contributed by atoms with van der Waals surface area (Å²) in [6, 6.07) is 10.1. The van der Waals surface area contributed by atoms with Gasteiger partial charge in [-0.2, -0.15) is 0 Å². The molecule has 0 atom stereocenters. The molecule has 0 saturated carbocycles. The van der Waals surface area contributed by atoms with Crippen molar-refractivity contribution in [2.45, 2.75) is 13.3 Å².